The van der Waals surface area contributed by atoms with E-state index in [2.05, 4.69) is 15.2 Å². The minimum Gasteiger partial charge on any atom is -0.355 e. The van der Waals surface area contributed by atoms with Gasteiger partial charge in [-0.25, -0.2) is 13.8 Å². The van der Waals surface area contributed by atoms with Crippen molar-refractivity contribution < 1.29 is 22.0 Å². The maximum atomic E-state index is 12.5. The highest BCUT2D eigenvalue weighted by atomic mass is 19.4. The van der Waals surface area contributed by atoms with E-state index in [9.17, 15) is 26.7 Å². The molecule has 1 fully saturated rings. The van der Waals surface area contributed by atoms with Crippen LogP contribution in [0.1, 0.15) is 30.7 Å². The van der Waals surface area contributed by atoms with Gasteiger partial charge in [-0.3, -0.25) is 9.36 Å². The predicted molar refractivity (Wildman–Crippen MR) is 85.4 cm³/mol. The predicted octanol–water partition coefficient (Wildman–Crippen LogP) is 2.91. The number of hydrogen-bond donors (Lipinski definition) is 0. The van der Waals surface area contributed by atoms with Gasteiger partial charge >= 0.3 is 6.18 Å². The molecular formula is C16H16F5N5O. The fourth-order valence-electron chi connectivity index (χ4n) is 2.96. The van der Waals surface area contributed by atoms with Crippen LogP contribution in [-0.4, -0.2) is 32.8 Å². The summed E-state index contributed by atoms with van der Waals surface area (Å²) in [6.45, 7) is 1.44. The third kappa shape index (κ3) is 4.58. The molecule has 0 aromatic carbocycles. The van der Waals surface area contributed by atoms with Crippen molar-refractivity contribution in [2.45, 2.75) is 32.0 Å². The number of hydrogen-bond acceptors (Lipinski definition) is 5. The molecule has 0 unspecified atom stereocenters. The maximum absolute atomic E-state index is 12.5. The van der Waals surface area contributed by atoms with Crippen LogP contribution >= 0.6 is 0 Å². The molecule has 1 aliphatic heterocycles. The lowest BCUT2D eigenvalue weighted by Crippen LogP contribution is -2.37. The van der Waals surface area contributed by atoms with E-state index in [0.717, 1.165) is 18.5 Å². The van der Waals surface area contributed by atoms with Crippen molar-refractivity contribution in [3.63, 3.8) is 0 Å². The topological polar surface area (TPSA) is 63.9 Å². The fraction of sp³-hybridized carbons (Fsp3) is 0.500. The molecule has 0 radical (unpaired) electrons. The molecule has 3 heterocycles. The van der Waals surface area contributed by atoms with Gasteiger partial charge in [-0.05, 0) is 30.9 Å². The Hall–Kier alpha value is -2.59. The van der Waals surface area contributed by atoms with Gasteiger partial charge in [-0.15, -0.1) is 10.2 Å². The fourth-order valence-corrected chi connectivity index (χ4v) is 2.96. The lowest BCUT2D eigenvalue weighted by atomic mass is 9.96. The van der Waals surface area contributed by atoms with Crippen LogP contribution < -0.4 is 10.5 Å². The Bertz CT molecular complexity index is 828. The van der Waals surface area contributed by atoms with Crippen LogP contribution in [0.3, 0.4) is 0 Å². The van der Waals surface area contributed by atoms with Gasteiger partial charge in [0, 0.05) is 25.7 Å². The maximum Gasteiger partial charge on any atom is 0.435 e. The molecule has 27 heavy (non-hydrogen) atoms. The van der Waals surface area contributed by atoms with Crippen molar-refractivity contribution in [2.24, 2.45) is 5.92 Å². The first-order valence-corrected chi connectivity index (χ1v) is 8.24. The molecule has 0 saturated carbocycles. The molecule has 0 spiro atoms. The lowest BCUT2D eigenvalue weighted by Gasteiger charge is -2.32. The van der Waals surface area contributed by atoms with Gasteiger partial charge in [-0.1, -0.05) is 0 Å². The Morgan fingerprint density at radius 2 is 1.85 bits per heavy atom. The SMILES string of the molecule is O=c1cc(C(F)F)ncn1CC1CCN(c2ccc(C(F)(F)F)nn2)CC1. The summed E-state index contributed by atoms with van der Waals surface area (Å²) in [6, 6.07) is 3.01. The second-order valence-corrected chi connectivity index (χ2v) is 6.31. The lowest BCUT2D eigenvalue weighted by molar-refractivity contribution is -0.141. The summed E-state index contributed by atoms with van der Waals surface area (Å²) in [5, 5.41) is 6.85. The van der Waals surface area contributed by atoms with Gasteiger partial charge in [0.05, 0.1) is 6.33 Å². The van der Waals surface area contributed by atoms with Crippen LogP contribution in [0.15, 0.2) is 29.3 Å². The third-order valence-electron chi connectivity index (χ3n) is 4.46. The van der Waals surface area contributed by atoms with Crippen molar-refractivity contribution in [3.05, 3.63) is 46.3 Å². The summed E-state index contributed by atoms with van der Waals surface area (Å²) in [6.07, 6.45) is -4.85. The first-order valence-electron chi connectivity index (χ1n) is 8.24. The van der Waals surface area contributed by atoms with Crippen molar-refractivity contribution in [1.29, 1.82) is 0 Å². The van der Waals surface area contributed by atoms with E-state index >= 15 is 0 Å². The molecule has 0 aliphatic carbocycles. The van der Waals surface area contributed by atoms with Crippen LogP contribution in [0.5, 0.6) is 0 Å². The first-order chi connectivity index (χ1) is 12.7. The number of aromatic nitrogens is 4. The van der Waals surface area contributed by atoms with Gasteiger partial charge in [0.2, 0.25) is 0 Å². The molecule has 0 N–H and O–H groups in total. The summed E-state index contributed by atoms with van der Waals surface area (Å²) in [5.41, 5.74) is -2.12. The van der Waals surface area contributed by atoms with E-state index in [-0.39, 0.29) is 5.92 Å². The molecule has 146 valence electrons. The Labute approximate surface area is 150 Å². The van der Waals surface area contributed by atoms with Crippen molar-refractivity contribution in [2.75, 3.05) is 18.0 Å². The Morgan fingerprint density at radius 3 is 2.37 bits per heavy atom. The van der Waals surface area contributed by atoms with Gasteiger partial charge in [-0.2, -0.15) is 13.2 Å². The second kappa shape index (κ2) is 7.57. The molecule has 0 bridgehead atoms. The molecule has 2 aromatic rings. The number of anilines is 1. The van der Waals surface area contributed by atoms with Crippen molar-refractivity contribution in [3.8, 4) is 0 Å². The second-order valence-electron chi connectivity index (χ2n) is 6.31. The highest BCUT2D eigenvalue weighted by Gasteiger charge is 2.33. The largest absolute Gasteiger partial charge is 0.435 e. The normalized spacial score (nSPS) is 16.1. The van der Waals surface area contributed by atoms with E-state index in [1.54, 1.807) is 0 Å². The highest BCUT2D eigenvalue weighted by Crippen LogP contribution is 2.28. The number of piperidine rings is 1. The zero-order valence-electron chi connectivity index (χ0n) is 14.0. The monoisotopic (exact) mass is 389 g/mol. The van der Waals surface area contributed by atoms with Crippen LogP contribution in [0, 0.1) is 5.92 Å². The van der Waals surface area contributed by atoms with E-state index in [1.807, 2.05) is 4.90 Å². The molecule has 3 rings (SSSR count). The average Bonchev–Trinajstić information content (AvgIpc) is 2.63. The smallest absolute Gasteiger partial charge is 0.355 e. The summed E-state index contributed by atoms with van der Waals surface area (Å²) in [7, 11) is 0. The summed E-state index contributed by atoms with van der Waals surface area (Å²) >= 11 is 0. The third-order valence-corrected chi connectivity index (χ3v) is 4.46. The van der Waals surface area contributed by atoms with Crippen LogP contribution in [0.2, 0.25) is 0 Å². The summed E-state index contributed by atoms with van der Waals surface area (Å²) in [4.78, 5) is 17.3. The Morgan fingerprint density at radius 1 is 1.15 bits per heavy atom. The standard InChI is InChI=1S/C16H16F5N5O/c17-15(18)11-7-14(27)26(9-22-11)8-10-3-5-25(6-4-10)13-2-1-12(23-24-13)16(19,20)21/h1-2,7,9-10,15H,3-6,8H2. The van der Waals surface area contributed by atoms with E-state index in [0.29, 0.717) is 38.3 Å². The summed E-state index contributed by atoms with van der Waals surface area (Å²) in [5.74, 6) is 0.488. The molecule has 1 aliphatic rings. The van der Waals surface area contributed by atoms with Crippen molar-refractivity contribution >= 4 is 5.82 Å². The van der Waals surface area contributed by atoms with Gasteiger partial charge in [0.15, 0.2) is 11.5 Å². The first kappa shape index (κ1) is 19.2. The zero-order valence-corrected chi connectivity index (χ0v) is 14.0. The zero-order chi connectivity index (χ0) is 19.6. The molecule has 0 atom stereocenters. The Kier molecular flexibility index (Phi) is 5.38. The minimum atomic E-state index is -4.53. The minimum absolute atomic E-state index is 0.126. The number of alkyl halides is 5. The van der Waals surface area contributed by atoms with Crippen LogP contribution in [0.25, 0.3) is 0 Å². The van der Waals surface area contributed by atoms with Gasteiger partial charge in [0.1, 0.15) is 5.69 Å². The molecular weight excluding hydrogens is 373 g/mol. The molecule has 11 heteroatoms. The molecule has 1 saturated heterocycles. The number of rotatable bonds is 4. The Balaban J connectivity index is 1.58. The quantitative estimate of drug-likeness (QED) is 0.753. The number of halogens is 5. The van der Waals surface area contributed by atoms with Gasteiger partial charge < -0.3 is 4.90 Å². The molecule has 2 aromatic heterocycles. The number of nitrogens with zero attached hydrogens (tertiary/aromatic N) is 5. The van der Waals surface area contributed by atoms with Crippen molar-refractivity contribution in [1.82, 2.24) is 19.7 Å². The van der Waals surface area contributed by atoms with Crippen LogP contribution in [0.4, 0.5) is 27.8 Å². The van der Waals surface area contributed by atoms with E-state index in [4.69, 9.17) is 0 Å². The van der Waals surface area contributed by atoms with E-state index in [1.165, 1.54) is 10.6 Å². The molecule has 6 nitrogen and oxygen atoms in total. The van der Waals surface area contributed by atoms with Gasteiger partial charge in [0.25, 0.3) is 12.0 Å². The average molecular weight is 389 g/mol. The molecule has 0 amide bonds. The van der Waals surface area contributed by atoms with Crippen LogP contribution in [-0.2, 0) is 12.7 Å². The summed E-state index contributed by atoms with van der Waals surface area (Å²) < 4.78 is 64.0. The highest BCUT2D eigenvalue weighted by molar-refractivity contribution is 5.38. The van der Waals surface area contributed by atoms with E-state index < -0.39 is 29.5 Å².